The summed E-state index contributed by atoms with van der Waals surface area (Å²) in [6, 6.07) is 11.1. The molecule has 11 heteroatoms. The molecule has 3 rings (SSSR count). The molecule has 0 aliphatic carbocycles. The number of hydrogen-bond donors (Lipinski definition) is 2. The summed E-state index contributed by atoms with van der Waals surface area (Å²) < 4.78 is 44.1. The fraction of sp³-hybridized carbons (Fsp3) is 0.250. The number of amides is 2. The third-order valence-electron chi connectivity index (χ3n) is 4.64. The SMILES string of the molecule is O=C(O)c1ccc2c(c1)N(C(=O)CCl)C(CNC(=O)C(F)(F)F)C(c1ccccc1)O2. The van der Waals surface area contributed by atoms with Gasteiger partial charge in [0.25, 0.3) is 0 Å². The zero-order chi connectivity index (χ0) is 22.8. The smallest absolute Gasteiger partial charge is 0.471 e. The summed E-state index contributed by atoms with van der Waals surface area (Å²) >= 11 is 5.73. The summed E-state index contributed by atoms with van der Waals surface area (Å²) in [5.74, 6) is -4.52. The Morgan fingerprint density at radius 2 is 1.81 bits per heavy atom. The van der Waals surface area contributed by atoms with Gasteiger partial charge in [0.1, 0.15) is 17.7 Å². The topological polar surface area (TPSA) is 95.9 Å². The van der Waals surface area contributed by atoms with E-state index in [0.29, 0.717) is 5.56 Å². The van der Waals surface area contributed by atoms with Gasteiger partial charge in [-0.2, -0.15) is 13.2 Å². The number of rotatable bonds is 5. The molecule has 0 saturated carbocycles. The first-order valence-corrected chi connectivity index (χ1v) is 9.49. The Hall–Kier alpha value is -3.27. The number of alkyl halides is 4. The third kappa shape index (κ3) is 4.74. The number of carbonyl (C=O) groups is 3. The van der Waals surface area contributed by atoms with E-state index in [0.717, 1.165) is 4.90 Å². The normalized spacial score (nSPS) is 18.0. The lowest BCUT2D eigenvalue weighted by Crippen LogP contribution is -2.55. The number of aromatic carboxylic acids is 1. The van der Waals surface area contributed by atoms with Gasteiger partial charge in [0, 0.05) is 6.54 Å². The summed E-state index contributed by atoms with van der Waals surface area (Å²) in [7, 11) is 0. The van der Waals surface area contributed by atoms with Crippen molar-refractivity contribution in [3.63, 3.8) is 0 Å². The summed E-state index contributed by atoms with van der Waals surface area (Å²) in [6.45, 7) is -0.614. The second kappa shape index (κ2) is 8.84. The molecular formula is C20H16ClF3N2O5. The van der Waals surface area contributed by atoms with Crippen LogP contribution in [0.2, 0.25) is 0 Å². The molecule has 1 heterocycles. The Morgan fingerprint density at radius 1 is 1.13 bits per heavy atom. The van der Waals surface area contributed by atoms with Gasteiger partial charge in [-0.1, -0.05) is 30.3 Å². The minimum absolute atomic E-state index is 0.0315. The van der Waals surface area contributed by atoms with Crippen LogP contribution in [0.4, 0.5) is 18.9 Å². The maximum Gasteiger partial charge on any atom is 0.471 e. The maximum atomic E-state index is 12.7. The number of carboxylic acid groups (broad SMARTS) is 1. The van der Waals surface area contributed by atoms with Crippen molar-refractivity contribution in [1.29, 1.82) is 0 Å². The van der Waals surface area contributed by atoms with E-state index in [9.17, 15) is 32.7 Å². The van der Waals surface area contributed by atoms with Crippen LogP contribution in [0.5, 0.6) is 5.75 Å². The number of benzene rings is 2. The highest BCUT2D eigenvalue weighted by Gasteiger charge is 2.43. The van der Waals surface area contributed by atoms with Crippen LogP contribution in [0.25, 0.3) is 0 Å². The van der Waals surface area contributed by atoms with Crippen molar-refractivity contribution < 1.29 is 37.4 Å². The first-order valence-electron chi connectivity index (χ1n) is 8.95. The van der Waals surface area contributed by atoms with E-state index in [4.69, 9.17) is 16.3 Å². The Bertz CT molecular complexity index is 1000. The highest BCUT2D eigenvalue weighted by Crippen LogP contribution is 2.42. The maximum absolute atomic E-state index is 12.7. The van der Waals surface area contributed by atoms with Crippen LogP contribution in [0, 0.1) is 0 Å². The van der Waals surface area contributed by atoms with E-state index in [1.807, 2.05) is 0 Å². The van der Waals surface area contributed by atoms with Crippen molar-refractivity contribution in [1.82, 2.24) is 5.32 Å². The van der Waals surface area contributed by atoms with Crippen molar-refractivity contribution in [2.45, 2.75) is 18.3 Å². The van der Waals surface area contributed by atoms with E-state index in [2.05, 4.69) is 0 Å². The average molecular weight is 457 g/mol. The van der Waals surface area contributed by atoms with Crippen LogP contribution in [0.15, 0.2) is 48.5 Å². The van der Waals surface area contributed by atoms with Gasteiger partial charge in [-0.15, -0.1) is 11.6 Å². The van der Waals surface area contributed by atoms with E-state index >= 15 is 0 Å². The number of carboxylic acids is 1. The molecule has 7 nitrogen and oxygen atoms in total. The lowest BCUT2D eigenvalue weighted by atomic mass is 9.96. The molecule has 1 aliphatic heterocycles. The monoisotopic (exact) mass is 456 g/mol. The minimum atomic E-state index is -5.12. The molecule has 0 spiro atoms. The number of nitrogens with zero attached hydrogens (tertiary/aromatic N) is 1. The standard InChI is InChI=1S/C20H16ClF3N2O5/c21-9-16(27)26-13-8-12(18(28)29)6-7-15(13)31-17(11-4-2-1-3-5-11)14(26)10-25-19(30)20(22,23)24/h1-8,14,17H,9-10H2,(H,25,30)(H,28,29). The molecule has 2 aromatic rings. The van der Waals surface area contributed by atoms with E-state index in [1.165, 1.54) is 18.2 Å². The lowest BCUT2D eigenvalue weighted by Gasteiger charge is -2.42. The van der Waals surface area contributed by atoms with Crippen LogP contribution in [0.3, 0.4) is 0 Å². The Kier molecular flexibility index (Phi) is 6.40. The molecule has 2 amide bonds. The molecule has 0 aromatic heterocycles. The van der Waals surface area contributed by atoms with Crippen molar-refractivity contribution in [3.8, 4) is 5.75 Å². The van der Waals surface area contributed by atoms with Crippen molar-refractivity contribution in [3.05, 3.63) is 59.7 Å². The number of ether oxygens (including phenoxy) is 1. The predicted molar refractivity (Wildman–Crippen MR) is 104 cm³/mol. The van der Waals surface area contributed by atoms with Crippen molar-refractivity contribution in [2.75, 3.05) is 17.3 Å². The Morgan fingerprint density at radius 3 is 2.39 bits per heavy atom. The summed E-state index contributed by atoms with van der Waals surface area (Å²) in [5, 5.41) is 11.0. The predicted octanol–water partition coefficient (Wildman–Crippen LogP) is 3.14. The first kappa shape index (κ1) is 22.4. The van der Waals surface area contributed by atoms with Gasteiger partial charge < -0.3 is 15.2 Å². The molecule has 31 heavy (non-hydrogen) atoms. The fourth-order valence-corrected chi connectivity index (χ4v) is 3.41. The van der Waals surface area contributed by atoms with E-state index in [1.54, 1.807) is 35.6 Å². The van der Waals surface area contributed by atoms with Crippen LogP contribution in [-0.2, 0) is 9.59 Å². The molecule has 2 aromatic carbocycles. The van der Waals surface area contributed by atoms with Gasteiger partial charge >= 0.3 is 18.1 Å². The first-order chi connectivity index (χ1) is 14.6. The van der Waals surface area contributed by atoms with Gasteiger partial charge in [-0.25, -0.2) is 4.79 Å². The quantitative estimate of drug-likeness (QED) is 0.674. The number of anilines is 1. The summed E-state index contributed by atoms with van der Waals surface area (Å²) in [4.78, 5) is 36.5. The Balaban J connectivity index is 2.09. The van der Waals surface area contributed by atoms with Crippen LogP contribution in [0.1, 0.15) is 22.0 Å². The zero-order valence-corrected chi connectivity index (χ0v) is 16.5. The number of halogens is 4. The molecule has 0 bridgehead atoms. The van der Waals surface area contributed by atoms with E-state index in [-0.39, 0.29) is 17.0 Å². The number of nitrogens with one attached hydrogen (secondary N) is 1. The summed E-state index contributed by atoms with van der Waals surface area (Å²) in [5.41, 5.74) is 0.407. The fourth-order valence-electron chi connectivity index (χ4n) is 3.28. The zero-order valence-electron chi connectivity index (χ0n) is 15.7. The van der Waals surface area contributed by atoms with Crippen LogP contribution in [-0.4, -0.2) is 47.5 Å². The molecular weight excluding hydrogens is 441 g/mol. The second-order valence-electron chi connectivity index (χ2n) is 6.61. The molecule has 164 valence electrons. The highest BCUT2D eigenvalue weighted by atomic mass is 35.5. The molecule has 0 radical (unpaired) electrons. The minimum Gasteiger partial charge on any atom is -0.481 e. The van der Waals surface area contributed by atoms with Crippen LogP contribution < -0.4 is 15.0 Å². The van der Waals surface area contributed by atoms with Crippen molar-refractivity contribution >= 4 is 35.1 Å². The number of fused-ring (bicyclic) bond motifs is 1. The van der Waals surface area contributed by atoms with E-state index < -0.39 is 48.5 Å². The van der Waals surface area contributed by atoms with Crippen LogP contribution >= 0.6 is 11.6 Å². The highest BCUT2D eigenvalue weighted by molar-refractivity contribution is 6.29. The second-order valence-corrected chi connectivity index (χ2v) is 6.88. The Labute approximate surface area is 179 Å². The van der Waals surface area contributed by atoms with Crippen molar-refractivity contribution in [2.24, 2.45) is 0 Å². The average Bonchev–Trinajstić information content (AvgIpc) is 2.75. The number of carbonyl (C=O) groups excluding carboxylic acids is 2. The van der Waals surface area contributed by atoms with Gasteiger partial charge in [0.2, 0.25) is 5.91 Å². The van der Waals surface area contributed by atoms with Gasteiger partial charge in [-0.05, 0) is 23.8 Å². The molecule has 2 unspecified atom stereocenters. The lowest BCUT2D eigenvalue weighted by molar-refractivity contribution is -0.173. The van der Waals surface area contributed by atoms with Gasteiger partial charge in [0.15, 0.2) is 0 Å². The molecule has 2 atom stereocenters. The van der Waals surface area contributed by atoms with Gasteiger partial charge in [-0.3, -0.25) is 14.5 Å². The molecule has 0 fully saturated rings. The summed E-state index contributed by atoms with van der Waals surface area (Å²) in [6.07, 6.45) is -6.07. The number of hydrogen-bond acceptors (Lipinski definition) is 4. The molecule has 1 aliphatic rings. The van der Waals surface area contributed by atoms with Gasteiger partial charge in [0.05, 0.1) is 17.3 Å². The third-order valence-corrected chi connectivity index (χ3v) is 4.87. The largest absolute Gasteiger partial charge is 0.481 e. The molecule has 0 saturated heterocycles. The molecule has 2 N–H and O–H groups in total.